The maximum absolute atomic E-state index is 5.56. The Balaban J connectivity index is 2.19. The first-order valence-electron chi connectivity index (χ1n) is 9.26. The summed E-state index contributed by atoms with van der Waals surface area (Å²) in [7, 11) is 0. The van der Waals surface area contributed by atoms with Crippen molar-refractivity contribution in [1.29, 1.82) is 0 Å². The summed E-state index contributed by atoms with van der Waals surface area (Å²) in [6.07, 6.45) is 21.1. The van der Waals surface area contributed by atoms with E-state index in [9.17, 15) is 0 Å². The summed E-state index contributed by atoms with van der Waals surface area (Å²) in [5.41, 5.74) is 0. The maximum Gasteiger partial charge on any atom is 0.180 e. The van der Waals surface area contributed by atoms with Crippen LogP contribution in [0.25, 0.3) is 0 Å². The molecule has 0 spiro atoms. The van der Waals surface area contributed by atoms with Crippen molar-refractivity contribution in [2.45, 2.75) is 103 Å². The molecule has 0 saturated heterocycles. The lowest BCUT2D eigenvalue weighted by Crippen LogP contribution is -1.98. The fourth-order valence-electron chi connectivity index (χ4n) is 3.02. The molecule has 21 heavy (non-hydrogen) atoms. The molecule has 2 heteroatoms. The van der Waals surface area contributed by atoms with Gasteiger partial charge in [-0.1, -0.05) is 84.5 Å². The molecule has 0 N–H and O–H groups in total. The molecule has 0 saturated carbocycles. The van der Waals surface area contributed by atoms with E-state index in [1.54, 1.807) is 6.39 Å². The van der Waals surface area contributed by atoms with Crippen LogP contribution in [0.1, 0.15) is 109 Å². The van der Waals surface area contributed by atoms with E-state index < -0.39 is 0 Å². The molecule has 1 aromatic heterocycles. The van der Waals surface area contributed by atoms with E-state index >= 15 is 0 Å². The van der Waals surface area contributed by atoms with Crippen LogP contribution in [-0.4, -0.2) is 4.98 Å². The Morgan fingerprint density at radius 3 is 1.81 bits per heavy atom. The monoisotopic (exact) mass is 293 g/mol. The normalized spacial score (nSPS) is 12.7. The number of hydrogen-bond donors (Lipinski definition) is 0. The SMILES string of the molecule is CCCCCCCCC(CCCCCCC)c1cnco1. The predicted molar refractivity (Wildman–Crippen MR) is 90.6 cm³/mol. The molecule has 0 bridgehead atoms. The van der Waals surface area contributed by atoms with Crippen molar-refractivity contribution < 1.29 is 4.42 Å². The zero-order chi connectivity index (χ0) is 15.2. The van der Waals surface area contributed by atoms with E-state index in [0.717, 1.165) is 5.76 Å². The molecular formula is C19H35NO. The molecule has 1 aromatic rings. The van der Waals surface area contributed by atoms with E-state index in [0.29, 0.717) is 5.92 Å². The second-order valence-corrected chi connectivity index (χ2v) is 6.36. The van der Waals surface area contributed by atoms with Crippen molar-refractivity contribution in [3.63, 3.8) is 0 Å². The van der Waals surface area contributed by atoms with Crippen molar-refractivity contribution in [2.24, 2.45) is 0 Å². The van der Waals surface area contributed by atoms with E-state index in [4.69, 9.17) is 4.42 Å². The van der Waals surface area contributed by atoms with Crippen LogP contribution >= 0.6 is 0 Å². The number of unbranched alkanes of at least 4 members (excludes halogenated alkanes) is 9. The largest absolute Gasteiger partial charge is 0.448 e. The molecule has 122 valence electrons. The van der Waals surface area contributed by atoms with Gasteiger partial charge in [0.25, 0.3) is 0 Å². The summed E-state index contributed by atoms with van der Waals surface area (Å²) < 4.78 is 5.56. The van der Waals surface area contributed by atoms with Crippen LogP contribution in [0.15, 0.2) is 17.0 Å². The van der Waals surface area contributed by atoms with Gasteiger partial charge in [0.1, 0.15) is 5.76 Å². The van der Waals surface area contributed by atoms with Crippen LogP contribution in [0.2, 0.25) is 0 Å². The molecule has 0 fully saturated rings. The van der Waals surface area contributed by atoms with Crippen LogP contribution in [0.5, 0.6) is 0 Å². The van der Waals surface area contributed by atoms with Gasteiger partial charge in [0, 0.05) is 5.92 Å². The van der Waals surface area contributed by atoms with Gasteiger partial charge in [-0.15, -0.1) is 0 Å². The third kappa shape index (κ3) is 8.95. The number of aromatic nitrogens is 1. The van der Waals surface area contributed by atoms with Crippen LogP contribution in [-0.2, 0) is 0 Å². The molecule has 1 rings (SSSR count). The first-order chi connectivity index (χ1) is 10.4. The van der Waals surface area contributed by atoms with Crippen LogP contribution in [0.3, 0.4) is 0 Å². The van der Waals surface area contributed by atoms with Crippen molar-refractivity contribution in [3.8, 4) is 0 Å². The summed E-state index contributed by atoms with van der Waals surface area (Å²) in [5, 5.41) is 0. The average Bonchev–Trinajstić information content (AvgIpc) is 3.02. The number of oxazole rings is 1. The summed E-state index contributed by atoms with van der Waals surface area (Å²) in [5.74, 6) is 1.71. The molecule has 1 heterocycles. The summed E-state index contributed by atoms with van der Waals surface area (Å²) in [6, 6.07) is 0. The number of hydrogen-bond acceptors (Lipinski definition) is 2. The number of nitrogens with zero attached hydrogens (tertiary/aromatic N) is 1. The zero-order valence-electron chi connectivity index (χ0n) is 14.3. The lowest BCUT2D eigenvalue weighted by atomic mass is 9.92. The van der Waals surface area contributed by atoms with Crippen LogP contribution < -0.4 is 0 Å². The van der Waals surface area contributed by atoms with E-state index in [-0.39, 0.29) is 0 Å². The highest BCUT2D eigenvalue weighted by Gasteiger charge is 2.14. The standard InChI is InChI=1S/C19H35NO/c1-3-5-7-9-11-13-15-18(19-16-20-17-21-19)14-12-10-8-6-4-2/h16-18H,3-15H2,1-2H3. The Labute approximate surface area is 131 Å². The molecule has 0 radical (unpaired) electrons. The van der Waals surface area contributed by atoms with Crippen molar-refractivity contribution in [3.05, 3.63) is 18.4 Å². The zero-order valence-corrected chi connectivity index (χ0v) is 14.3. The highest BCUT2D eigenvalue weighted by molar-refractivity contribution is 4.98. The van der Waals surface area contributed by atoms with Crippen LogP contribution in [0, 0.1) is 0 Å². The second kappa shape index (κ2) is 12.9. The van der Waals surface area contributed by atoms with Gasteiger partial charge in [-0.2, -0.15) is 0 Å². The fourth-order valence-corrected chi connectivity index (χ4v) is 3.02. The van der Waals surface area contributed by atoms with Gasteiger partial charge >= 0.3 is 0 Å². The van der Waals surface area contributed by atoms with E-state index in [1.807, 2.05) is 6.20 Å². The molecule has 0 aliphatic carbocycles. The highest BCUT2D eigenvalue weighted by Crippen LogP contribution is 2.28. The second-order valence-electron chi connectivity index (χ2n) is 6.36. The fraction of sp³-hybridized carbons (Fsp3) is 0.842. The van der Waals surface area contributed by atoms with Gasteiger partial charge in [0.2, 0.25) is 0 Å². The molecular weight excluding hydrogens is 258 g/mol. The lowest BCUT2D eigenvalue weighted by molar-refractivity contribution is 0.404. The van der Waals surface area contributed by atoms with E-state index in [2.05, 4.69) is 18.8 Å². The molecule has 2 nitrogen and oxygen atoms in total. The molecule has 0 aromatic carbocycles. The Morgan fingerprint density at radius 2 is 1.33 bits per heavy atom. The van der Waals surface area contributed by atoms with Gasteiger partial charge in [-0.3, -0.25) is 0 Å². The van der Waals surface area contributed by atoms with Gasteiger partial charge < -0.3 is 4.42 Å². The minimum absolute atomic E-state index is 0.598. The number of rotatable bonds is 14. The molecule has 1 atom stereocenters. The Morgan fingerprint density at radius 1 is 0.810 bits per heavy atom. The van der Waals surface area contributed by atoms with Crippen molar-refractivity contribution >= 4 is 0 Å². The smallest absolute Gasteiger partial charge is 0.180 e. The molecule has 0 amide bonds. The van der Waals surface area contributed by atoms with Gasteiger partial charge in [-0.25, -0.2) is 4.98 Å². The third-order valence-corrected chi connectivity index (χ3v) is 4.42. The van der Waals surface area contributed by atoms with Crippen molar-refractivity contribution in [1.82, 2.24) is 4.98 Å². The topological polar surface area (TPSA) is 26.0 Å². The minimum atomic E-state index is 0.598. The summed E-state index contributed by atoms with van der Waals surface area (Å²) in [6.45, 7) is 4.55. The molecule has 1 unspecified atom stereocenters. The maximum atomic E-state index is 5.56. The minimum Gasteiger partial charge on any atom is -0.448 e. The van der Waals surface area contributed by atoms with Gasteiger partial charge in [0.05, 0.1) is 6.20 Å². The predicted octanol–water partition coefficient (Wildman–Crippen LogP) is 6.87. The highest BCUT2D eigenvalue weighted by atomic mass is 16.3. The Kier molecular flexibility index (Phi) is 11.2. The summed E-state index contributed by atoms with van der Waals surface area (Å²) in [4.78, 5) is 4.10. The molecule has 0 aliphatic rings. The van der Waals surface area contributed by atoms with Gasteiger partial charge in [0.15, 0.2) is 6.39 Å². The average molecular weight is 293 g/mol. The first-order valence-corrected chi connectivity index (χ1v) is 9.26. The Bertz CT molecular complexity index is 307. The lowest BCUT2D eigenvalue weighted by Gasteiger charge is -2.14. The summed E-state index contributed by atoms with van der Waals surface area (Å²) >= 11 is 0. The van der Waals surface area contributed by atoms with E-state index in [1.165, 1.54) is 83.5 Å². The first kappa shape index (κ1) is 18.3. The molecule has 0 aliphatic heterocycles. The van der Waals surface area contributed by atoms with Gasteiger partial charge in [-0.05, 0) is 12.8 Å². The van der Waals surface area contributed by atoms with Crippen LogP contribution in [0.4, 0.5) is 0 Å². The Hall–Kier alpha value is -0.790. The van der Waals surface area contributed by atoms with Crippen molar-refractivity contribution in [2.75, 3.05) is 0 Å². The third-order valence-electron chi connectivity index (χ3n) is 4.42. The quantitative estimate of drug-likeness (QED) is 0.350.